The second-order valence-electron chi connectivity index (χ2n) is 10.8. The summed E-state index contributed by atoms with van der Waals surface area (Å²) in [4.78, 5) is 30.6. The number of hydrogen-bond acceptors (Lipinski definition) is 6. The zero-order valence-electron chi connectivity index (χ0n) is 24.4. The van der Waals surface area contributed by atoms with Gasteiger partial charge in [-0.2, -0.15) is 5.26 Å². The highest BCUT2D eigenvalue weighted by atomic mass is 16.5. The topological polar surface area (TPSA) is 124 Å². The quantitative estimate of drug-likeness (QED) is 0.416. The van der Waals surface area contributed by atoms with Crippen LogP contribution in [0.3, 0.4) is 0 Å². The summed E-state index contributed by atoms with van der Waals surface area (Å²) in [5.41, 5.74) is 4.87. The van der Waals surface area contributed by atoms with E-state index in [0.717, 1.165) is 11.1 Å². The average Bonchev–Trinajstić information content (AvgIpc) is 3.09. The monoisotopic (exact) mass is 564 g/mol. The molecular formula is C33H32N4O5. The second kappa shape index (κ2) is 12.1. The zero-order chi connectivity index (χ0) is 30.6. The van der Waals surface area contributed by atoms with Gasteiger partial charge in [0.1, 0.15) is 6.54 Å². The molecule has 0 fully saturated rings. The Morgan fingerprint density at radius 3 is 2.19 bits per heavy atom. The van der Waals surface area contributed by atoms with Gasteiger partial charge in [-0.25, -0.2) is 4.79 Å². The fourth-order valence-electron chi connectivity index (χ4n) is 4.63. The summed E-state index contributed by atoms with van der Waals surface area (Å²) in [5, 5.41) is 21.0. The number of carbonyl (C=O) groups excluding carboxylic acids is 1. The van der Waals surface area contributed by atoms with E-state index in [1.54, 1.807) is 37.3 Å². The van der Waals surface area contributed by atoms with Gasteiger partial charge in [-0.15, -0.1) is 0 Å². The minimum Gasteiger partial charge on any atom is -0.493 e. The number of methoxy groups -OCH3 is 2. The van der Waals surface area contributed by atoms with Gasteiger partial charge in [0, 0.05) is 35.4 Å². The Hall–Kier alpha value is -5.28. The van der Waals surface area contributed by atoms with E-state index in [1.807, 2.05) is 57.2 Å². The molecule has 4 rings (SSSR count). The van der Waals surface area contributed by atoms with E-state index in [1.165, 1.54) is 7.11 Å². The summed E-state index contributed by atoms with van der Waals surface area (Å²) in [5.74, 6) is 6.85. The van der Waals surface area contributed by atoms with Crippen molar-refractivity contribution in [2.45, 2.75) is 26.8 Å². The van der Waals surface area contributed by atoms with Crippen LogP contribution in [0, 0.1) is 28.6 Å². The molecule has 1 unspecified atom stereocenters. The first-order valence-electron chi connectivity index (χ1n) is 13.2. The third-order valence-electron chi connectivity index (χ3n) is 6.95. The predicted molar refractivity (Wildman–Crippen MR) is 161 cm³/mol. The summed E-state index contributed by atoms with van der Waals surface area (Å²) in [6.45, 7) is 5.70. The van der Waals surface area contributed by atoms with Gasteiger partial charge in [0.2, 0.25) is 5.91 Å². The molecule has 1 aliphatic rings. The van der Waals surface area contributed by atoms with E-state index in [0.29, 0.717) is 45.2 Å². The normalized spacial score (nSPS) is 13.4. The highest BCUT2D eigenvalue weighted by Gasteiger charge is 2.30. The van der Waals surface area contributed by atoms with E-state index in [2.05, 4.69) is 23.2 Å². The van der Waals surface area contributed by atoms with Crippen LogP contribution in [0.4, 0.5) is 10.5 Å². The molecule has 0 aliphatic carbocycles. The van der Waals surface area contributed by atoms with E-state index >= 15 is 0 Å². The number of nitrogens with zero attached hydrogens (tertiary/aromatic N) is 3. The van der Waals surface area contributed by atoms with Crippen LogP contribution in [0.1, 0.15) is 43.0 Å². The van der Waals surface area contributed by atoms with Crippen molar-refractivity contribution in [3.05, 3.63) is 76.9 Å². The van der Waals surface area contributed by atoms with Crippen molar-refractivity contribution in [2.24, 2.45) is 10.4 Å². The summed E-state index contributed by atoms with van der Waals surface area (Å²) in [6, 6.07) is 17.9. The number of ether oxygens (including phenoxy) is 2. The molecule has 0 aromatic heterocycles. The average molecular weight is 565 g/mol. The molecule has 1 heterocycles. The van der Waals surface area contributed by atoms with E-state index < -0.39 is 17.6 Å². The largest absolute Gasteiger partial charge is 0.493 e. The van der Waals surface area contributed by atoms with Gasteiger partial charge >= 0.3 is 6.09 Å². The molecule has 2 amide bonds. The van der Waals surface area contributed by atoms with Gasteiger partial charge in [0.15, 0.2) is 11.5 Å². The maximum Gasteiger partial charge on any atom is 0.405 e. The van der Waals surface area contributed by atoms with Crippen LogP contribution < -0.4 is 19.7 Å². The van der Waals surface area contributed by atoms with Crippen molar-refractivity contribution < 1.29 is 24.2 Å². The minimum absolute atomic E-state index is 0.0571. The number of likely N-dealkylation sites (N-methyl/N-ethyl adjacent to an activating group) is 1. The molecule has 3 aromatic rings. The van der Waals surface area contributed by atoms with Crippen LogP contribution in [0.15, 0.2) is 59.6 Å². The number of fused-ring (bicyclic) bond motifs is 1. The molecule has 0 saturated carbocycles. The molecule has 0 bridgehead atoms. The minimum atomic E-state index is -1.13. The lowest BCUT2D eigenvalue weighted by Crippen LogP contribution is -2.42. The fourth-order valence-corrected chi connectivity index (χ4v) is 4.63. The summed E-state index contributed by atoms with van der Waals surface area (Å²) >= 11 is 0. The Balaban J connectivity index is 1.92. The maximum atomic E-state index is 13.0. The Kier molecular flexibility index (Phi) is 8.54. The highest BCUT2D eigenvalue weighted by molar-refractivity contribution is 6.23. The Morgan fingerprint density at radius 1 is 1.02 bits per heavy atom. The first kappa shape index (κ1) is 29.7. The molecule has 2 N–H and O–H groups in total. The second-order valence-corrected chi connectivity index (χ2v) is 10.8. The van der Waals surface area contributed by atoms with Gasteiger partial charge in [-0.3, -0.25) is 9.79 Å². The molecule has 0 spiro atoms. The van der Waals surface area contributed by atoms with E-state index in [-0.39, 0.29) is 12.5 Å². The number of rotatable bonds is 5. The van der Waals surface area contributed by atoms with Crippen LogP contribution in [0.2, 0.25) is 0 Å². The summed E-state index contributed by atoms with van der Waals surface area (Å²) in [6.07, 6.45) is -1.13. The zero-order valence-corrected chi connectivity index (χ0v) is 24.4. The van der Waals surface area contributed by atoms with Crippen molar-refractivity contribution in [3.8, 4) is 40.5 Å². The lowest BCUT2D eigenvalue weighted by atomic mass is 9.87. The maximum absolute atomic E-state index is 13.0. The summed E-state index contributed by atoms with van der Waals surface area (Å²) < 4.78 is 11.6. The number of hydrogen-bond donors (Lipinski definition) is 2. The molecule has 0 radical (unpaired) electrons. The van der Waals surface area contributed by atoms with Gasteiger partial charge < -0.3 is 24.8 Å². The third kappa shape index (κ3) is 6.06. The molecule has 9 nitrogen and oxygen atoms in total. The van der Waals surface area contributed by atoms with E-state index in [4.69, 9.17) is 14.5 Å². The first-order valence-corrected chi connectivity index (χ1v) is 13.2. The highest BCUT2D eigenvalue weighted by Crippen LogP contribution is 2.47. The van der Waals surface area contributed by atoms with Crippen LogP contribution in [0.25, 0.3) is 11.1 Å². The number of aliphatic imine (C=N–C) groups is 1. The molecule has 214 valence electrons. The van der Waals surface area contributed by atoms with Crippen molar-refractivity contribution in [1.29, 1.82) is 5.26 Å². The molecule has 1 atom stereocenters. The lowest BCUT2D eigenvalue weighted by molar-refractivity contribution is -0.116. The van der Waals surface area contributed by atoms with Crippen molar-refractivity contribution in [1.82, 2.24) is 5.32 Å². The van der Waals surface area contributed by atoms with Crippen molar-refractivity contribution in [3.63, 3.8) is 0 Å². The molecule has 42 heavy (non-hydrogen) atoms. The van der Waals surface area contributed by atoms with Gasteiger partial charge in [-0.1, -0.05) is 56.9 Å². The fraction of sp³-hybridized carbons (Fsp3) is 0.273. The number of anilines is 1. The van der Waals surface area contributed by atoms with Crippen molar-refractivity contribution in [2.75, 3.05) is 32.7 Å². The molecule has 3 aromatic carbocycles. The number of nitriles is 1. The lowest BCUT2D eigenvalue weighted by Gasteiger charge is -2.25. The first-order chi connectivity index (χ1) is 20.0. The summed E-state index contributed by atoms with van der Waals surface area (Å²) in [7, 11) is 4.79. The molecule has 1 aliphatic heterocycles. The molecule has 0 saturated heterocycles. The smallest absolute Gasteiger partial charge is 0.405 e. The van der Waals surface area contributed by atoms with Crippen LogP contribution >= 0.6 is 0 Å². The Labute approximate surface area is 245 Å². The number of amides is 2. The van der Waals surface area contributed by atoms with Gasteiger partial charge in [-0.05, 0) is 35.2 Å². The van der Waals surface area contributed by atoms with Crippen LogP contribution in [0.5, 0.6) is 11.5 Å². The molecule has 9 heteroatoms. The molecular weight excluding hydrogens is 532 g/mol. The standard InChI is InChI=1S/C33H32N4O5/c1-33(2,3)26(36-32(39)40)16-11-20-7-12-22(13-8-20)28-29-24(17-25(41-5)31(28)42-6)37(4)27(38)19-35-30(29)23-14-9-21(18-34)10-15-23/h7-10,12-15,17,26,36H,19H2,1-6H3,(H,39,40). The number of benzodiazepines with no additional fused rings is 1. The third-order valence-corrected chi connectivity index (χ3v) is 6.95. The number of benzene rings is 3. The number of carbonyl (C=O) groups is 2. The predicted octanol–water partition coefficient (Wildman–Crippen LogP) is 5.09. The van der Waals surface area contributed by atoms with Crippen LogP contribution in [-0.2, 0) is 4.79 Å². The van der Waals surface area contributed by atoms with Crippen molar-refractivity contribution >= 4 is 23.4 Å². The Bertz CT molecular complexity index is 1650. The number of nitrogens with one attached hydrogen (secondary N) is 1. The van der Waals surface area contributed by atoms with E-state index in [9.17, 15) is 20.0 Å². The van der Waals surface area contributed by atoms with Gasteiger partial charge in [0.25, 0.3) is 0 Å². The number of carboxylic acid groups (broad SMARTS) is 1. The van der Waals surface area contributed by atoms with Gasteiger partial charge in [0.05, 0.1) is 43.3 Å². The SMILES string of the molecule is COc1cc2c(c(-c3ccc(C#CC(NC(=O)O)C(C)(C)C)cc3)c1OC)C(c1ccc(C#N)cc1)=NCC(=O)N2C. The Morgan fingerprint density at radius 2 is 1.64 bits per heavy atom. The van der Waals surface area contributed by atoms with Crippen LogP contribution in [-0.4, -0.2) is 56.7 Å².